The molecule has 5 heteroatoms. The standard InChI is InChI=1S/C37H45N3O2/c1-26-10-14-34-33(27(2)39(3)35(34)20-26)16-17-38-37(41)31-13-15-36-32(23-31)22-29-8-7-9-30(21-29)25-40(24-28-11-12-28)18-5-4-6-19-42-36/h7-10,13-15,20-21,23,28H,4-6,11-12,16-19,22,24-25H2,1-3H3,(H,38,41). The van der Waals surface area contributed by atoms with E-state index in [1.54, 1.807) is 0 Å². The van der Waals surface area contributed by atoms with Gasteiger partial charge in [0.1, 0.15) is 5.75 Å². The number of aromatic nitrogens is 1. The Hall–Kier alpha value is -3.57. The zero-order chi connectivity index (χ0) is 29.1. The maximum atomic E-state index is 13.3. The van der Waals surface area contributed by atoms with Crippen LogP contribution in [0.5, 0.6) is 5.75 Å². The molecule has 0 unspecified atom stereocenters. The largest absolute Gasteiger partial charge is 0.493 e. The van der Waals surface area contributed by atoms with Crippen LogP contribution < -0.4 is 10.1 Å². The van der Waals surface area contributed by atoms with Gasteiger partial charge in [-0.3, -0.25) is 9.69 Å². The fraction of sp³-hybridized carbons (Fsp3) is 0.432. The third-order valence-corrected chi connectivity index (χ3v) is 9.14. The first-order valence-corrected chi connectivity index (χ1v) is 15.8. The summed E-state index contributed by atoms with van der Waals surface area (Å²) in [6, 6.07) is 21.5. The highest BCUT2D eigenvalue weighted by molar-refractivity contribution is 5.94. The molecule has 2 heterocycles. The van der Waals surface area contributed by atoms with Crippen molar-refractivity contribution in [2.45, 2.75) is 65.3 Å². The number of fused-ring (bicyclic) bond motifs is 4. The summed E-state index contributed by atoms with van der Waals surface area (Å²) in [5, 5.41) is 4.46. The van der Waals surface area contributed by atoms with Crippen molar-refractivity contribution in [2.24, 2.45) is 13.0 Å². The normalized spacial score (nSPS) is 16.5. The molecular formula is C37H45N3O2. The minimum Gasteiger partial charge on any atom is -0.493 e. The van der Waals surface area contributed by atoms with Crippen molar-refractivity contribution < 1.29 is 9.53 Å². The molecule has 0 spiro atoms. The highest BCUT2D eigenvalue weighted by Crippen LogP contribution is 2.31. The maximum absolute atomic E-state index is 13.3. The molecule has 6 rings (SSSR count). The van der Waals surface area contributed by atoms with E-state index in [1.165, 1.54) is 71.1 Å². The Kier molecular flexibility index (Phi) is 8.66. The molecule has 0 atom stereocenters. The zero-order valence-corrected chi connectivity index (χ0v) is 25.5. The second-order valence-electron chi connectivity index (χ2n) is 12.6. The molecule has 220 valence electrons. The van der Waals surface area contributed by atoms with Crippen LogP contribution in [-0.2, 0) is 26.4 Å². The van der Waals surface area contributed by atoms with E-state index in [4.69, 9.17) is 4.74 Å². The molecule has 0 radical (unpaired) electrons. The summed E-state index contributed by atoms with van der Waals surface area (Å²) >= 11 is 0. The number of aryl methyl sites for hydroxylation is 2. The average Bonchev–Trinajstić information content (AvgIpc) is 3.77. The highest BCUT2D eigenvalue weighted by Gasteiger charge is 2.24. The lowest BCUT2D eigenvalue weighted by Gasteiger charge is -2.23. The lowest BCUT2D eigenvalue weighted by atomic mass is 9.99. The van der Waals surface area contributed by atoms with Crippen molar-refractivity contribution in [1.29, 1.82) is 0 Å². The summed E-state index contributed by atoms with van der Waals surface area (Å²) in [4.78, 5) is 16.0. The molecule has 1 aliphatic carbocycles. The number of nitrogens with zero attached hydrogens (tertiary/aromatic N) is 2. The number of hydrogen-bond acceptors (Lipinski definition) is 3. The topological polar surface area (TPSA) is 46.5 Å². The second-order valence-corrected chi connectivity index (χ2v) is 12.6. The number of hydrogen-bond donors (Lipinski definition) is 1. The minimum absolute atomic E-state index is 0.0320. The molecular weight excluding hydrogens is 518 g/mol. The van der Waals surface area contributed by atoms with Gasteiger partial charge in [-0.05, 0) is 117 Å². The van der Waals surface area contributed by atoms with E-state index < -0.39 is 0 Å². The summed E-state index contributed by atoms with van der Waals surface area (Å²) in [5.74, 6) is 1.76. The first kappa shape index (κ1) is 28.5. The van der Waals surface area contributed by atoms with E-state index in [-0.39, 0.29) is 5.91 Å². The maximum Gasteiger partial charge on any atom is 0.251 e. The monoisotopic (exact) mass is 563 g/mol. The van der Waals surface area contributed by atoms with E-state index in [2.05, 4.69) is 78.1 Å². The van der Waals surface area contributed by atoms with Crippen LogP contribution in [0.25, 0.3) is 10.9 Å². The van der Waals surface area contributed by atoms with Crippen molar-refractivity contribution in [3.05, 3.63) is 99.7 Å². The van der Waals surface area contributed by atoms with Gasteiger partial charge in [-0.25, -0.2) is 0 Å². The van der Waals surface area contributed by atoms with Gasteiger partial charge in [0.05, 0.1) is 6.61 Å². The summed E-state index contributed by atoms with van der Waals surface area (Å²) in [6.45, 7) is 9.01. The molecule has 4 aromatic rings. The Morgan fingerprint density at radius 1 is 0.976 bits per heavy atom. The van der Waals surface area contributed by atoms with Crippen LogP contribution in [0.2, 0.25) is 0 Å². The van der Waals surface area contributed by atoms with Crippen molar-refractivity contribution in [3.8, 4) is 5.75 Å². The number of benzene rings is 3. The second kappa shape index (κ2) is 12.7. The minimum atomic E-state index is -0.0320. The third-order valence-electron chi connectivity index (χ3n) is 9.14. The number of carbonyl (C=O) groups excluding carboxylic acids is 1. The van der Waals surface area contributed by atoms with Gasteiger partial charge in [0, 0.05) is 55.3 Å². The Morgan fingerprint density at radius 2 is 1.83 bits per heavy atom. The molecule has 5 nitrogen and oxygen atoms in total. The Morgan fingerprint density at radius 3 is 2.69 bits per heavy atom. The van der Waals surface area contributed by atoms with Gasteiger partial charge in [-0.15, -0.1) is 0 Å². The van der Waals surface area contributed by atoms with Crippen molar-refractivity contribution in [2.75, 3.05) is 26.2 Å². The fourth-order valence-electron chi connectivity index (χ4n) is 6.48. The summed E-state index contributed by atoms with van der Waals surface area (Å²) in [5.41, 5.74) is 9.48. The zero-order valence-electron chi connectivity index (χ0n) is 25.5. The molecule has 2 bridgehead atoms. The lowest BCUT2D eigenvalue weighted by Crippen LogP contribution is -2.27. The molecule has 3 aromatic carbocycles. The molecule has 1 aromatic heterocycles. The molecule has 1 saturated carbocycles. The van der Waals surface area contributed by atoms with Crippen molar-refractivity contribution >= 4 is 16.8 Å². The highest BCUT2D eigenvalue weighted by atomic mass is 16.5. The molecule has 2 aliphatic rings. The predicted octanol–water partition coefficient (Wildman–Crippen LogP) is 7.13. The van der Waals surface area contributed by atoms with E-state index in [1.807, 2.05) is 18.2 Å². The molecule has 42 heavy (non-hydrogen) atoms. The van der Waals surface area contributed by atoms with Gasteiger partial charge >= 0.3 is 0 Å². The van der Waals surface area contributed by atoms with E-state index in [0.717, 1.165) is 49.6 Å². The van der Waals surface area contributed by atoms with E-state index in [0.29, 0.717) is 18.7 Å². The lowest BCUT2D eigenvalue weighted by molar-refractivity contribution is 0.0954. The van der Waals surface area contributed by atoms with Gasteiger partial charge in [0.15, 0.2) is 0 Å². The summed E-state index contributed by atoms with van der Waals surface area (Å²) in [6.07, 6.45) is 7.77. The first-order valence-electron chi connectivity index (χ1n) is 15.8. The smallest absolute Gasteiger partial charge is 0.251 e. The number of ether oxygens (including phenoxy) is 1. The van der Waals surface area contributed by atoms with E-state index in [9.17, 15) is 4.79 Å². The predicted molar refractivity (Wildman–Crippen MR) is 171 cm³/mol. The van der Waals surface area contributed by atoms with Crippen LogP contribution in [0.4, 0.5) is 0 Å². The fourth-order valence-corrected chi connectivity index (χ4v) is 6.48. The van der Waals surface area contributed by atoms with Crippen LogP contribution in [0, 0.1) is 19.8 Å². The average molecular weight is 564 g/mol. The molecule has 0 saturated heterocycles. The Labute approximate surface area is 250 Å². The summed E-state index contributed by atoms with van der Waals surface area (Å²) in [7, 11) is 2.12. The number of nitrogens with one attached hydrogen (secondary N) is 1. The quantitative estimate of drug-likeness (QED) is 0.271. The van der Waals surface area contributed by atoms with Gasteiger partial charge in [0.25, 0.3) is 5.91 Å². The third kappa shape index (κ3) is 6.73. The van der Waals surface area contributed by atoms with Crippen LogP contribution >= 0.6 is 0 Å². The number of carbonyl (C=O) groups is 1. The first-order chi connectivity index (χ1) is 20.4. The SMILES string of the molecule is Cc1ccc2c(CCNC(=O)c3ccc4c(c3)Cc3cccc(c3)CN(CC3CC3)CCCCCO4)c(C)n(C)c2c1. The Bertz CT molecular complexity index is 1570. The van der Waals surface area contributed by atoms with Gasteiger partial charge in [-0.2, -0.15) is 0 Å². The van der Waals surface area contributed by atoms with Crippen LogP contribution in [0.1, 0.15) is 76.0 Å². The van der Waals surface area contributed by atoms with Crippen molar-refractivity contribution in [3.63, 3.8) is 0 Å². The van der Waals surface area contributed by atoms with Crippen LogP contribution in [0.15, 0.2) is 60.7 Å². The number of rotatable bonds is 6. The summed E-state index contributed by atoms with van der Waals surface area (Å²) < 4.78 is 8.55. The van der Waals surface area contributed by atoms with Gasteiger partial charge < -0.3 is 14.6 Å². The van der Waals surface area contributed by atoms with E-state index >= 15 is 0 Å². The van der Waals surface area contributed by atoms with Crippen molar-refractivity contribution in [1.82, 2.24) is 14.8 Å². The molecule has 1 fully saturated rings. The van der Waals surface area contributed by atoms with Crippen LogP contribution in [-0.4, -0.2) is 41.6 Å². The molecule has 1 aliphatic heterocycles. The molecule has 1 N–H and O–H groups in total. The van der Waals surface area contributed by atoms with Crippen LogP contribution in [0.3, 0.4) is 0 Å². The van der Waals surface area contributed by atoms with Gasteiger partial charge in [-0.1, -0.05) is 36.4 Å². The number of amides is 1. The molecule has 1 amide bonds. The van der Waals surface area contributed by atoms with Gasteiger partial charge in [0.2, 0.25) is 0 Å². The Balaban J connectivity index is 1.17.